The Morgan fingerprint density at radius 2 is 1.44 bits per heavy atom. The van der Waals surface area contributed by atoms with E-state index in [2.05, 4.69) is 0 Å². The van der Waals surface area contributed by atoms with E-state index in [1.165, 1.54) is 4.90 Å². The Hall–Kier alpha value is -5.18. The lowest BCUT2D eigenvalue weighted by Gasteiger charge is -2.41. The molecule has 2 aliphatic rings. The van der Waals surface area contributed by atoms with Crippen molar-refractivity contribution in [2.75, 3.05) is 6.54 Å². The Kier molecular flexibility index (Phi) is 9.31. The van der Waals surface area contributed by atoms with Gasteiger partial charge in [0.2, 0.25) is 11.4 Å². The molecule has 9 heteroatoms. The van der Waals surface area contributed by atoms with Crippen LogP contribution >= 0.6 is 0 Å². The highest BCUT2D eigenvalue weighted by atomic mass is 16.6. The molecule has 2 fully saturated rings. The molecule has 2 heterocycles. The first-order chi connectivity index (χ1) is 21.0. The minimum absolute atomic E-state index is 0.00961. The van der Waals surface area contributed by atoms with Crippen molar-refractivity contribution in [1.82, 2.24) is 9.80 Å². The van der Waals surface area contributed by atoms with Gasteiger partial charge in [-0.2, -0.15) is 0 Å². The van der Waals surface area contributed by atoms with Crippen LogP contribution in [0.25, 0.3) is 0 Å². The fourth-order valence-corrected chi connectivity index (χ4v) is 5.14. The van der Waals surface area contributed by atoms with Gasteiger partial charge in [-0.15, -0.1) is 0 Å². The van der Waals surface area contributed by atoms with E-state index in [1.807, 2.05) is 91.0 Å². The largest absolute Gasteiger partial charge is 0.471 e. The first kappa shape index (κ1) is 29.3. The summed E-state index contributed by atoms with van der Waals surface area (Å²) in [5, 5.41) is 0. The van der Waals surface area contributed by atoms with Gasteiger partial charge in [0, 0.05) is 25.6 Å². The highest BCUT2D eigenvalue weighted by molar-refractivity contribution is 5.96. The van der Waals surface area contributed by atoms with Crippen LogP contribution in [-0.4, -0.2) is 52.4 Å². The average Bonchev–Trinajstić information content (AvgIpc) is 3.29. The molecule has 2 atom stereocenters. The van der Waals surface area contributed by atoms with Crippen molar-refractivity contribution in [3.63, 3.8) is 0 Å². The Balaban J connectivity index is 1.33. The van der Waals surface area contributed by atoms with E-state index in [1.54, 1.807) is 17.1 Å². The molecule has 3 aromatic carbocycles. The van der Waals surface area contributed by atoms with Crippen LogP contribution in [0.3, 0.4) is 0 Å². The van der Waals surface area contributed by atoms with Gasteiger partial charge < -0.3 is 19.1 Å². The van der Waals surface area contributed by atoms with Crippen LogP contribution in [0, 0.1) is 0 Å². The Morgan fingerprint density at radius 1 is 0.860 bits per heavy atom. The molecule has 9 nitrogen and oxygen atoms in total. The lowest BCUT2D eigenvalue weighted by Crippen LogP contribution is -2.63. The summed E-state index contributed by atoms with van der Waals surface area (Å²) in [5.74, 6) is -0.919. The molecular formula is C34H32N2O7. The van der Waals surface area contributed by atoms with Gasteiger partial charge in [0.05, 0.1) is 6.42 Å². The number of β-lactam (4-membered cyclic amide) rings is 1. The number of hydrogen-bond donors (Lipinski definition) is 0. The zero-order valence-corrected chi connectivity index (χ0v) is 23.5. The first-order valence-corrected chi connectivity index (χ1v) is 14.0. The van der Waals surface area contributed by atoms with Crippen molar-refractivity contribution in [2.24, 2.45) is 0 Å². The average molecular weight is 581 g/mol. The molecule has 0 saturated carbocycles. The predicted octanol–water partition coefficient (Wildman–Crippen LogP) is 4.93. The van der Waals surface area contributed by atoms with Gasteiger partial charge in [-0.05, 0) is 16.7 Å². The summed E-state index contributed by atoms with van der Waals surface area (Å²) < 4.78 is 17.1. The number of hydrogen-bond acceptors (Lipinski definition) is 7. The second-order valence-electron chi connectivity index (χ2n) is 10.2. The number of benzene rings is 3. The molecule has 0 radical (unpaired) electrons. The number of amides is 2. The minimum atomic E-state index is -1.63. The molecule has 0 bridgehead atoms. The predicted molar refractivity (Wildman–Crippen MR) is 157 cm³/mol. The van der Waals surface area contributed by atoms with Crippen molar-refractivity contribution in [1.29, 1.82) is 0 Å². The normalized spacial score (nSPS) is 19.8. The van der Waals surface area contributed by atoms with Gasteiger partial charge in [0.25, 0.3) is 0 Å². The van der Waals surface area contributed by atoms with Crippen LogP contribution in [-0.2, 0) is 48.4 Å². The lowest BCUT2D eigenvalue weighted by atomic mass is 9.88. The molecule has 2 amide bonds. The van der Waals surface area contributed by atoms with E-state index < -0.39 is 23.8 Å². The third-order valence-corrected chi connectivity index (χ3v) is 7.34. The highest BCUT2D eigenvalue weighted by Crippen LogP contribution is 2.47. The monoisotopic (exact) mass is 580 g/mol. The molecule has 0 aromatic heterocycles. The highest BCUT2D eigenvalue weighted by Gasteiger charge is 2.64. The topological polar surface area (TPSA) is 102 Å². The Bertz CT molecular complexity index is 1490. The van der Waals surface area contributed by atoms with Gasteiger partial charge >= 0.3 is 12.1 Å². The van der Waals surface area contributed by atoms with Gasteiger partial charge in [0.1, 0.15) is 25.3 Å². The molecule has 3 aromatic rings. The van der Waals surface area contributed by atoms with Crippen LogP contribution in [0.2, 0.25) is 0 Å². The number of aldehydes is 1. The van der Waals surface area contributed by atoms with E-state index in [0.29, 0.717) is 12.8 Å². The van der Waals surface area contributed by atoms with E-state index in [9.17, 15) is 19.2 Å². The SMILES string of the molecule is O=C/C=C1/O[C@@H]2CC(=O)N2C1(C/C=C/CN(Cc1ccccc1)C(=O)OCc1ccccc1)C(=O)OCc1ccccc1. The third-order valence-electron chi connectivity index (χ3n) is 7.34. The lowest BCUT2D eigenvalue weighted by molar-refractivity contribution is -0.174. The first-order valence-electron chi connectivity index (χ1n) is 14.0. The van der Waals surface area contributed by atoms with Crippen LogP contribution in [0.1, 0.15) is 29.5 Å². The number of carbonyl (C=O) groups is 4. The summed E-state index contributed by atoms with van der Waals surface area (Å²) in [5.41, 5.74) is 0.928. The van der Waals surface area contributed by atoms with Gasteiger partial charge in [-0.3, -0.25) is 14.5 Å². The quantitative estimate of drug-likeness (QED) is 0.0985. The van der Waals surface area contributed by atoms with Gasteiger partial charge in [-0.25, -0.2) is 9.59 Å². The molecule has 2 saturated heterocycles. The molecular weight excluding hydrogens is 548 g/mol. The maximum Gasteiger partial charge on any atom is 0.410 e. The van der Waals surface area contributed by atoms with Crippen molar-refractivity contribution in [3.8, 4) is 0 Å². The van der Waals surface area contributed by atoms with Crippen molar-refractivity contribution in [3.05, 3.63) is 132 Å². The molecule has 0 N–H and O–H groups in total. The number of esters is 1. The van der Waals surface area contributed by atoms with Crippen LogP contribution in [0.4, 0.5) is 4.79 Å². The molecule has 5 rings (SSSR count). The van der Waals surface area contributed by atoms with E-state index in [-0.39, 0.29) is 44.3 Å². The zero-order valence-electron chi connectivity index (χ0n) is 23.5. The molecule has 0 spiro atoms. The fourth-order valence-electron chi connectivity index (χ4n) is 5.14. The Morgan fingerprint density at radius 3 is 2.02 bits per heavy atom. The van der Waals surface area contributed by atoms with Crippen molar-refractivity contribution >= 4 is 24.3 Å². The van der Waals surface area contributed by atoms with Gasteiger partial charge in [0.15, 0.2) is 6.23 Å². The summed E-state index contributed by atoms with van der Waals surface area (Å²) >= 11 is 0. The van der Waals surface area contributed by atoms with E-state index >= 15 is 0 Å². The maximum atomic E-state index is 13.7. The van der Waals surface area contributed by atoms with E-state index in [4.69, 9.17) is 14.2 Å². The van der Waals surface area contributed by atoms with Crippen molar-refractivity contribution in [2.45, 2.75) is 44.4 Å². The number of fused-ring (bicyclic) bond motifs is 1. The standard InChI is InChI=1S/C34H32N2O7/c37-21-18-29-34(36-30(38)22-31(36)43-29,32(39)41-24-27-14-6-2-7-15-27)19-10-11-20-35(23-26-12-4-1-5-13-26)33(40)42-25-28-16-8-3-9-17-28/h1-18,21,31H,19-20,22-25H2/b11-10+,29-18+/t31-,34?/m1/s1. The number of ether oxygens (including phenoxy) is 3. The summed E-state index contributed by atoms with van der Waals surface area (Å²) in [7, 11) is 0. The summed E-state index contributed by atoms with van der Waals surface area (Å²) in [6, 6.07) is 28.1. The molecule has 220 valence electrons. The number of allylic oxidation sites excluding steroid dienone is 1. The summed E-state index contributed by atoms with van der Waals surface area (Å²) in [4.78, 5) is 53.9. The second-order valence-corrected chi connectivity index (χ2v) is 10.2. The molecule has 2 aliphatic heterocycles. The number of carbonyl (C=O) groups excluding carboxylic acids is 4. The maximum absolute atomic E-state index is 13.7. The summed E-state index contributed by atoms with van der Waals surface area (Å²) in [6.07, 6.45) is 4.05. The summed E-state index contributed by atoms with van der Waals surface area (Å²) in [6.45, 7) is 0.586. The van der Waals surface area contributed by atoms with E-state index in [0.717, 1.165) is 22.8 Å². The van der Waals surface area contributed by atoms with Crippen LogP contribution in [0.5, 0.6) is 0 Å². The number of nitrogens with zero attached hydrogens (tertiary/aromatic N) is 2. The van der Waals surface area contributed by atoms with Gasteiger partial charge in [-0.1, -0.05) is 103 Å². The molecule has 43 heavy (non-hydrogen) atoms. The van der Waals surface area contributed by atoms with Crippen LogP contribution < -0.4 is 0 Å². The van der Waals surface area contributed by atoms with Crippen LogP contribution in [0.15, 0.2) is 115 Å². The minimum Gasteiger partial charge on any atom is -0.471 e. The molecule has 0 aliphatic carbocycles. The third kappa shape index (κ3) is 6.67. The zero-order chi connectivity index (χ0) is 30.1. The smallest absolute Gasteiger partial charge is 0.410 e. The fraction of sp³-hybridized carbons (Fsp3) is 0.235. The number of rotatable bonds is 12. The second kappa shape index (κ2) is 13.7. The van der Waals surface area contributed by atoms with Crippen molar-refractivity contribution < 1.29 is 33.4 Å². The Labute approximate surface area is 250 Å². The molecule has 1 unspecified atom stereocenters.